The van der Waals surface area contributed by atoms with E-state index < -0.39 is 0 Å². The van der Waals surface area contributed by atoms with Gasteiger partial charge in [-0.25, -0.2) is 4.68 Å². The number of aliphatic hydroxyl groups is 1. The number of thioether (sulfide) groups is 1. The summed E-state index contributed by atoms with van der Waals surface area (Å²) in [4.78, 5) is 1.20. The monoisotopic (exact) mass is 373 g/mol. The fourth-order valence-corrected chi connectivity index (χ4v) is 4.08. The molecule has 0 bridgehead atoms. The fraction of sp³-hybridized carbons (Fsp3) is 0.316. The molecule has 132 valence electrons. The normalized spacial score (nSPS) is 11.1. The Morgan fingerprint density at radius 2 is 2.00 bits per heavy atom. The molecule has 0 unspecified atom stereocenters. The van der Waals surface area contributed by atoms with Crippen molar-refractivity contribution < 1.29 is 5.11 Å². The predicted molar refractivity (Wildman–Crippen MR) is 108 cm³/mol. The standard InChI is InChI=1S/C19H23N3OS2/c23-10-5-11-24-13-9-20-14-16-15-22(17-6-2-1-3-7-17)21-19(16)18-8-4-12-25-18/h1-4,6-8,12,15,20,23H,5,9-11,13-14H2. The highest BCUT2D eigenvalue weighted by Gasteiger charge is 2.12. The Kier molecular flexibility index (Phi) is 7.11. The maximum absolute atomic E-state index is 8.80. The predicted octanol–water partition coefficient (Wildman–Crippen LogP) is 3.81. The van der Waals surface area contributed by atoms with Gasteiger partial charge in [-0.1, -0.05) is 24.3 Å². The van der Waals surface area contributed by atoms with Gasteiger partial charge in [-0.05, 0) is 35.8 Å². The summed E-state index contributed by atoms with van der Waals surface area (Å²) in [5.74, 6) is 2.08. The molecule has 0 aliphatic heterocycles. The first-order valence-corrected chi connectivity index (χ1v) is 10.5. The topological polar surface area (TPSA) is 50.1 Å². The van der Waals surface area contributed by atoms with Gasteiger partial charge in [0.2, 0.25) is 0 Å². The Morgan fingerprint density at radius 3 is 2.76 bits per heavy atom. The third-order valence-corrected chi connectivity index (χ3v) is 5.70. The van der Waals surface area contributed by atoms with Gasteiger partial charge >= 0.3 is 0 Å². The van der Waals surface area contributed by atoms with Crippen molar-refractivity contribution in [2.75, 3.05) is 24.7 Å². The van der Waals surface area contributed by atoms with Gasteiger partial charge in [0.15, 0.2) is 0 Å². The van der Waals surface area contributed by atoms with E-state index in [4.69, 9.17) is 10.2 Å². The van der Waals surface area contributed by atoms with Crippen molar-refractivity contribution in [3.8, 4) is 16.3 Å². The van der Waals surface area contributed by atoms with Crippen LogP contribution in [0.25, 0.3) is 16.3 Å². The summed E-state index contributed by atoms with van der Waals surface area (Å²) in [5, 5.41) is 19.2. The number of thiophene rings is 1. The van der Waals surface area contributed by atoms with E-state index in [1.165, 1.54) is 10.4 Å². The maximum Gasteiger partial charge on any atom is 0.107 e. The average Bonchev–Trinajstić information content (AvgIpc) is 3.31. The quantitative estimate of drug-likeness (QED) is 0.531. The molecule has 2 N–H and O–H groups in total. The largest absolute Gasteiger partial charge is 0.396 e. The van der Waals surface area contributed by atoms with Crippen LogP contribution in [0.1, 0.15) is 12.0 Å². The summed E-state index contributed by atoms with van der Waals surface area (Å²) in [6.45, 7) is 2.04. The molecule has 0 fully saturated rings. The first-order valence-electron chi connectivity index (χ1n) is 8.45. The number of para-hydroxylation sites is 1. The van der Waals surface area contributed by atoms with Gasteiger partial charge in [-0.3, -0.25) is 0 Å². The Balaban J connectivity index is 1.66. The first-order chi connectivity index (χ1) is 12.4. The number of nitrogens with one attached hydrogen (secondary N) is 1. The van der Waals surface area contributed by atoms with Gasteiger partial charge in [0.25, 0.3) is 0 Å². The van der Waals surface area contributed by atoms with E-state index in [0.29, 0.717) is 0 Å². The molecule has 0 spiro atoms. The van der Waals surface area contributed by atoms with E-state index in [9.17, 15) is 0 Å². The van der Waals surface area contributed by atoms with Crippen molar-refractivity contribution in [2.45, 2.75) is 13.0 Å². The van der Waals surface area contributed by atoms with Crippen molar-refractivity contribution in [2.24, 2.45) is 0 Å². The van der Waals surface area contributed by atoms with Gasteiger partial charge < -0.3 is 10.4 Å². The molecular weight excluding hydrogens is 350 g/mol. The molecule has 0 amide bonds. The second-order valence-electron chi connectivity index (χ2n) is 5.63. The molecule has 0 radical (unpaired) electrons. The Hall–Kier alpha value is -1.60. The number of aliphatic hydroxyl groups excluding tert-OH is 1. The van der Waals surface area contributed by atoms with E-state index in [0.717, 1.165) is 42.4 Å². The Labute approximate surface area is 156 Å². The van der Waals surface area contributed by atoms with Crippen molar-refractivity contribution in [1.82, 2.24) is 15.1 Å². The summed E-state index contributed by atoms with van der Waals surface area (Å²) in [6.07, 6.45) is 2.99. The Bertz CT molecular complexity index is 741. The summed E-state index contributed by atoms with van der Waals surface area (Å²) in [6, 6.07) is 14.4. The highest BCUT2D eigenvalue weighted by atomic mass is 32.2. The smallest absolute Gasteiger partial charge is 0.107 e. The molecule has 2 aromatic heterocycles. The van der Waals surface area contributed by atoms with Crippen LogP contribution in [0, 0.1) is 0 Å². The van der Waals surface area contributed by atoms with Crippen LogP contribution in [0.3, 0.4) is 0 Å². The third kappa shape index (κ3) is 5.19. The SMILES string of the molecule is OCCCSCCNCc1cn(-c2ccccc2)nc1-c1cccs1. The minimum atomic E-state index is 0.281. The van der Waals surface area contributed by atoms with E-state index in [1.807, 2.05) is 34.6 Å². The molecule has 1 aromatic carbocycles. The van der Waals surface area contributed by atoms with Crippen LogP contribution < -0.4 is 5.32 Å². The van der Waals surface area contributed by atoms with Gasteiger partial charge in [0.1, 0.15) is 5.69 Å². The van der Waals surface area contributed by atoms with Gasteiger partial charge in [0.05, 0.1) is 10.6 Å². The number of nitrogens with zero attached hydrogens (tertiary/aromatic N) is 2. The van der Waals surface area contributed by atoms with Crippen molar-refractivity contribution in [3.63, 3.8) is 0 Å². The molecule has 0 aliphatic carbocycles. The highest BCUT2D eigenvalue weighted by molar-refractivity contribution is 7.99. The zero-order chi connectivity index (χ0) is 17.3. The lowest BCUT2D eigenvalue weighted by Gasteiger charge is -2.04. The number of benzene rings is 1. The second-order valence-corrected chi connectivity index (χ2v) is 7.80. The zero-order valence-corrected chi connectivity index (χ0v) is 15.7. The van der Waals surface area contributed by atoms with Crippen LogP contribution in [0.15, 0.2) is 54.0 Å². The molecular formula is C19H23N3OS2. The van der Waals surface area contributed by atoms with Gasteiger partial charge in [0, 0.05) is 37.2 Å². The van der Waals surface area contributed by atoms with Crippen LogP contribution in [-0.2, 0) is 6.54 Å². The molecule has 6 heteroatoms. The molecule has 2 heterocycles. The van der Waals surface area contributed by atoms with Crippen LogP contribution in [0.5, 0.6) is 0 Å². The van der Waals surface area contributed by atoms with E-state index in [1.54, 1.807) is 11.3 Å². The van der Waals surface area contributed by atoms with E-state index >= 15 is 0 Å². The Morgan fingerprint density at radius 1 is 1.12 bits per heavy atom. The summed E-state index contributed by atoms with van der Waals surface area (Å²) in [7, 11) is 0. The summed E-state index contributed by atoms with van der Waals surface area (Å²) < 4.78 is 1.96. The van der Waals surface area contributed by atoms with Crippen LogP contribution >= 0.6 is 23.1 Å². The maximum atomic E-state index is 8.80. The molecule has 0 saturated carbocycles. The minimum Gasteiger partial charge on any atom is -0.396 e. The molecule has 4 nitrogen and oxygen atoms in total. The van der Waals surface area contributed by atoms with Gasteiger partial charge in [-0.2, -0.15) is 16.9 Å². The lowest BCUT2D eigenvalue weighted by atomic mass is 10.2. The average molecular weight is 374 g/mol. The third-order valence-electron chi connectivity index (χ3n) is 3.75. The van der Waals surface area contributed by atoms with Crippen LogP contribution in [0.2, 0.25) is 0 Å². The van der Waals surface area contributed by atoms with Crippen LogP contribution in [-0.4, -0.2) is 39.5 Å². The molecule has 25 heavy (non-hydrogen) atoms. The van der Waals surface area contributed by atoms with Crippen molar-refractivity contribution in [1.29, 1.82) is 0 Å². The van der Waals surface area contributed by atoms with E-state index in [-0.39, 0.29) is 6.61 Å². The minimum absolute atomic E-state index is 0.281. The van der Waals surface area contributed by atoms with Gasteiger partial charge in [-0.15, -0.1) is 11.3 Å². The molecule has 3 rings (SSSR count). The number of rotatable bonds is 10. The molecule has 3 aromatic rings. The lowest BCUT2D eigenvalue weighted by molar-refractivity contribution is 0.296. The first kappa shape index (κ1) is 18.2. The molecule has 0 saturated heterocycles. The second kappa shape index (κ2) is 9.77. The highest BCUT2D eigenvalue weighted by Crippen LogP contribution is 2.27. The molecule has 0 aliphatic rings. The van der Waals surface area contributed by atoms with Crippen molar-refractivity contribution in [3.05, 3.63) is 59.6 Å². The van der Waals surface area contributed by atoms with Crippen LogP contribution in [0.4, 0.5) is 0 Å². The number of hydrogen-bond donors (Lipinski definition) is 2. The van der Waals surface area contributed by atoms with Crippen molar-refractivity contribution >= 4 is 23.1 Å². The lowest BCUT2D eigenvalue weighted by Crippen LogP contribution is -2.16. The molecule has 0 atom stereocenters. The zero-order valence-electron chi connectivity index (χ0n) is 14.1. The summed E-state index contributed by atoms with van der Waals surface area (Å²) in [5.41, 5.74) is 3.34. The number of hydrogen-bond acceptors (Lipinski definition) is 5. The fourth-order valence-electron chi connectivity index (χ4n) is 2.51. The summed E-state index contributed by atoms with van der Waals surface area (Å²) >= 11 is 3.60. The number of aromatic nitrogens is 2. The van der Waals surface area contributed by atoms with E-state index in [2.05, 4.69) is 41.2 Å².